The van der Waals surface area contributed by atoms with Crippen LogP contribution >= 0.6 is 33.9 Å². The Morgan fingerprint density at radius 2 is 1.15 bits per heavy atom. The third-order valence-electron chi connectivity index (χ3n) is 8.60. The largest absolute Gasteiger partial charge is 0.344 e. The first kappa shape index (κ1) is 23.6. The Kier molecular flexibility index (Phi) is 4.99. The highest BCUT2D eigenvalue weighted by Gasteiger charge is 2.17. The molecule has 0 fully saturated rings. The van der Waals surface area contributed by atoms with E-state index in [1.165, 1.54) is 84.2 Å². The van der Waals surface area contributed by atoms with Gasteiger partial charge in [-0.1, -0.05) is 72.8 Å². The van der Waals surface area contributed by atoms with Crippen LogP contribution in [-0.4, -0.2) is 9.13 Å². The summed E-state index contributed by atoms with van der Waals surface area (Å²) in [6.45, 7) is 0. The second-order valence-corrected chi connectivity index (χ2v) is 13.0. The van der Waals surface area contributed by atoms with Crippen molar-refractivity contribution in [2.45, 2.75) is 0 Å². The van der Waals surface area contributed by atoms with Gasteiger partial charge in [0.1, 0.15) is 0 Å². The van der Waals surface area contributed by atoms with Gasteiger partial charge in [0.2, 0.25) is 0 Å². The Morgan fingerprint density at radius 1 is 0.512 bits per heavy atom. The Balaban J connectivity index is 1.28. The molecule has 0 spiro atoms. The van der Waals surface area contributed by atoms with Crippen LogP contribution < -0.4 is 0 Å². The maximum Gasteiger partial charge on any atom is 0.0541 e. The van der Waals surface area contributed by atoms with E-state index in [2.05, 4.69) is 160 Å². The van der Waals surface area contributed by atoms with Gasteiger partial charge in [0.25, 0.3) is 0 Å². The zero-order chi connectivity index (χ0) is 27.2. The van der Waals surface area contributed by atoms with Gasteiger partial charge in [-0.05, 0) is 82.2 Å². The minimum atomic E-state index is 1.21. The Morgan fingerprint density at radius 3 is 2.00 bits per heavy atom. The van der Waals surface area contributed by atoms with Gasteiger partial charge in [-0.3, -0.25) is 0 Å². The van der Waals surface area contributed by atoms with E-state index < -0.39 is 0 Å². The molecule has 0 radical (unpaired) electrons. The molecule has 9 aromatic rings. The van der Waals surface area contributed by atoms with E-state index in [4.69, 9.17) is 0 Å². The van der Waals surface area contributed by atoms with E-state index in [9.17, 15) is 0 Å². The number of para-hydroxylation sites is 2. The molecule has 0 N–H and O–H groups in total. The lowest BCUT2D eigenvalue weighted by atomic mass is 10.0. The molecule has 0 saturated heterocycles. The second-order valence-electron chi connectivity index (χ2n) is 10.8. The quantitative estimate of drug-likeness (QED) is 0.164. The zero-order valence-corrected chi connectivity index (χ0v) is 25.2. The highest BCUT2D eigenvalue weighted by Crippen LogP contribution is 2.41. The standard InChI is InChI=1S/C37H23IN2S/c1-39-32-11-5-2-8-25(32)27-16-14-23(19-35(27)39)22-15-17-34-29(18-22)26-9-3-6-12-33(26)40(34)24-20-30-28-10-4-7-13-36(28)41-37(30)31(38)21-24/h2-21H,1H3. The van der Waals surface area contributed by atoms with Crippen molar-refractivity contribution < 1.29 is 0 Å². The first-order valence-corrected chi connectivity index (χ1v) is 15.7. The summed E-state index contributed by atoms with van der Waals surface area (Å²) in [5.74, 6) is 0. The fourth-order valence-corrected chi connectivity index (χ4v) is 8.70. The lowest BCUT2D eigenvalue weighted by molar-refractivity contribution is 1.01. The minimum Gasteiger partial charge on any atom is -0.344 e. The fourth-order valence-electron chi connectivity index (χ4n) is 6.67. The van der Waals surface area contributed by atoms with E-state index in [-0.39, 0.29) is 0 Å². The Bertz CT molecular complexity index is 2510. The van der Waals surface area contributed by atoms with Crippen LogP contribution in [0.3, 0.4) is 0 Å². The van der Waals surface area contributed by atoms with E-state index in [1.54, 1.807) is 0 Å². The van der Waals surface area contributed by atoms with Crippen molar-refractivity contribution in [3.8, 4) is 16.8 Å². The van der Waals surface area contributed by atoms with Crippen LogP contribution in [0.2, 0.25) is 0 Å². The number of aryl methyl sites for hydroxylation is 1. The first-order chi connectivity index (χ1) is 20.2. The molecule has 2 nitrogen and oxygen atoms in total. The van der Waals surface area contributed by atoms with Crippen molar-refractivity contribution in [1.82, 2.24) is 9.13 Å². The van der Waals surface area contributed by atoms with Gasteiger partial charge in [0.05, 0.1) is 11.0 Å². The number of aromatic nitrogens is 2. The van der Waals surface area contributed by atoms with Crippen molar-refractivity contribution >= 4 is 97.7 Å². The highest BCUT2D eigenvalue weighted by molar-refractivity contribution is 14.1. The highest BCUT2D eigenvalue weighted by atomic mass is 127. The molecule has 41 heavy (non-hydrogen) atoms. The third-order valence-corrected chi connectivity index (χ3v) is 11.0. The Hall–Kier alpha value is -4.13. The molecule has 4 heteroatoms. The van der Waals surface area contributed by atoms with Crippen LogP contribution in [0.1, 0.15) is 0 Å². The van der Waals surface area contributed by atoms with Crippen LogP contribution in [0.15, 0.2) is 121 Å². The van der Waals surface area contributed by atoms with Gasteiger partial charge >= 0.3 is 0 Å². The van der Waals surface area contributed by atoms with Crippen molar-refractivity contribution in [2.75, 3.05) is 0 Å². The molecule has 3 aromatic heterocycles. The summed E-state index contributed by atoms with van der Waals surface area (Å²) >= 11 is 4.40. The van der Waals surface area contributed by atoms with Crippen molar-refractivity contribution in [3.63, 3.8) is 0 Å². The van der Waals surface area contributed by atoms with E-state index >= 15 is 0 Å². The van der Waals surface area contributed by atoms with Gasteiger partial charge in [-0.15, -0.1) is 11.3 Å². The molecule has 0 aliphatic rings. The number of halogens is 1. The summed E-state index contributed by atoms with van der Waals surface area (Å²) in [6.07, 6.45) is 0. The molecule has 0 aliphatic heterocycles. The smallest absolute Gasteiger partial charge is 0.0541 e. The van der Waals surface area contributed by atoms with Crippen molar-refractivity contribution in [1.29, 1.82) is 0 Å². The average Bonchev–Trinajstić information content (AvgIpc) is 3.65. The van der Waals surface area contributed by atoms with Crippen LogP contribution in [-0.2, 0) is 7.05 Å². The summed E-state index contributed by atoms with van der Waals surface area (Å²) in [6, 6.07) is 44.8. The van der Waals surface area contributed by atoms with Gasteiger partial charge in [0, 0.05) is 69.1 Å². The third kappa shape index (κ3) is 3.35. The van der Waals surface area contributed by atoms with Crippen LogP contribution in [0.25, 0.3) is 80.6 Å². The monoisotopic (exact) mass is 654 g/mol. The number of hydrogen-bond donors (Lipinski definition) is 0. The summed E-state index contributed by atoms with van der Waals surface area (Å²) in [5.41, 5.74) is 8.68. The maximum absolute atomic E-state index is 2.51. The number of hydrogen-bond acceptors (Lipinski definition) is 1. The summed E-state index contributed by atoms with van der Waals surface area (Å²) < 4.78 is 8.75. The maximum atomic E-state index is 2.51. The Labute approximate surface area is 254 Å². The lowest BCUT2D eigenvalue weighted by Crippen LogP contribution is -1.94. The van der Waals surface area contributed by atoms with E-state index in [0.29, 0.717) is 0 Å². The fraction of sp³-hybridized carbons (Fsp3) is 0.0270. The summed E-state index contributed by atoms with van der Waals surface area (Å²) in [5, 5.41) is 7.83. The van der Waals surface area contributed by atoms with Crippen molar-refractivity contribution in [3.05, 3.63) is 125 Å². The van der Waals surface area contributed by atoms with Crippen molar-refractivity contribution in [2.24, 2.45) is 7.05 Å². The molecule has 0 saturated carbocycles. The molecule has 0 atom stereocenters. The number of thiophene rings is 1. The van der Waals surface area contributed by atoms with E-state index in [1.807, 2.05) is 11.3 Å². The van der Waals surface area contributed by atoms with Crippen LogP contribution in [0.5, 0.6) is 0 Å². The zero-order valence-electron chi connectivity index (χ0n) is 22.2. The van der Waals surface area contributed by atoms with E-state index in [0.717, 1.165) is 0 Å². The molecule has 9 rings (SSSR count). The normalized spacial score (nSPS) is 12.1. The number of rotatable bonds is 2. The molecular weight excluding hydrogens is 631 g/mol. The first-order valence-electron chi connectivity index (χ1n) is 13.8. The lowest BCUT2D eigenvalue weighted by Gasteiger charge is -2.10. The molecule has 0 amide bonds. The number of nitrogens with zero attached hydrogens (tertiary/aromatic N) is 2. The summed E-state index contributed by atoms with van der Waals surface area (Å²) in [7, 11) is 2.17. The minimum absolute atomic E-state index is 1.21. The molecular formula is C37H23IN2S. The summed E-state index contributed by atoms with van der Waals surface area (Å²) in [4.78, 5) is 0. The molecule has 3 heterocycles. The molecule has 0 aliphatic carbocycles. The van der Waals surface area contributed by atoms with Gasteiger partial charge in [-0.25, -0.2) is 0 Å². The number of benzene rings is 6. The van der Waals surface area contributed by atoms with Crippen LogP contribution in [0.4, 0.5) is 0 Å². The van der Waals surface area contributed by atoms with Crippen LogP contribution in [0, 0.1) is 3.57 Å². The molecule has 0 unspecified atom stereocenters. The van der Waals surface area contributed by atoms with Gasteiger partial charge in [0.15, 0.2) is 0 Å². The predicted octanol–water partition coefficient (Wildman–Crippen LogP) is 11.1. The second kappa shape index (κ2) is 8.68. The van der Waals surface area contributed by atoms with Gasteiger partial charge in [-0.2, -0.15) is 0 Å². The molecule has 6 aromatic carbocycles. The molecule has 0 bridgehead atoms. The predicted molar refractivity (Wildman–Crippen MR) is 186 cm³/mol. The average molecular weight is 655 g/mol. The van der Waals surface area contributed by atoms with Gasteiger partial charge < -0.3 is 9.13 Å². The number of fused-ring (bicyclic) bond motifs is 9. The molecule has 194 valence electrons. The topological polar surface area (TPSA) is 9.86 Å². The SMILES string of the molecule is Cn1c2ccccc2c2ccc(-c3ccc4c(c3)c3ccccc3n4-c3cc(I)c4sc5ccccc5c4c3)cc21.